The van der Waals surface area contributed by atoms with E-state index in [1.165, 1.54) is 6.92 Å². The second-order valence-corrected chi connectivity index (χ2v) is 5.77. The van der Waals surface area contributed by atoms with Crippen LogP contribution in [-0.4, -0.2) is 17.0 Å². The lowest BCUT2D eigenvalue weighted by atomic mass is 10.1. The van der Waals surface area contributed by atoms with Gasteiger partial charge in [-0.1, -0.05) is 86.0 Å². The third-order valence-corrected chi connectivity index (χ3v) is 3.34. The van der Waals surface area contributed by atoms with Crippen LogP contribution in [0.3, 0.4) is 0 Å². The predicted octanol–water partition coefficient (Wildman–Crippen LogP) is 5.04. The van der Waals surface area contributed by atoms with Crippen LogP contribution in [0.5, 0.6) is 0 Å². The first-order valence-corrected chi connectivity index (χ1v) is 8.39. The second kappa shape index (κ2) is 12.0. The molecule has 0 radical (unpaired) electrons. The number of allylic oxidation sites excluding steroid dienone is 1. The predicted molar refractivity (Wildman–Crippen MR) is 108 cm³/mol. The molecule has 0 aromatic heterocycles. The highest BCUT2D eigenvalue weighted by Crippen LogP contribution is 2.08. The lowest BCUT2D eigenvalue weighted by molar-refractivity contribution is -0.140. The number of benzene rings is 2. The van der Waals surface area contributed by atoms with Gasteiger partial charge in [-0.3, -0.25) is 0 Å². The summed E-state index contributed by atoms with van der Waals surface area (Å²) in [6.45, 7) is 8.65. The summed E-state index contributed by atoms with van der Waals surface area (Å²) < 4.78 is 5.22. The second-order valence-electron chi connectivity index (χ2n) is 5.77. The zero-order valence-electron chi connectivity index (χ0n) is 15.4. The Morgan fingerprint density at radius 2 is 1.52 bits per heavy atom. The smallest absolute Gasteiger partial charge is 0.334 e. The van der Waals surface area contributed by atoms with Gasteiger partial charge in [-0.05, 0) is 24.5 Å². The molecule has 0 aliphatic rings. The zero-order valence-corrected chi connectivity index (χ0v) is 15.4. The quantitative estimate of drug-likeness (QED) is 0.552. The van der Waals surface area contributed by atoms with Crippen molar-refractivity contribution in [1.29, 1.82) is 0 Å². The van der Waals surface area contributed by atoms with Crippen molar-refractivity contribution in [1.82, 2.24) is 0 Å². The molecule has 0 bridgehead atoms. The van der Waals surface area contributed by atoms with E-state index in [0.29, 0.717) is 12.0 Å². The molecule has 140 valence electrons. The van der Waals surface area contributed by atoms with Crippen LogP contribution in [0.4, 0.5) is 0 Å². The minimum atomic E-state index is -0.935. The van der Waals surface area contributed by atoms with Gasteiger partial charge in [0.25, 0.3) is 0 Å². The van der Waals surface area contributed by atoms with E-state index >= 15 is 0 Å². The highest BCUT2D eigenvalue weighted by molar-refractivity contribution is 5.88. The molecule has 4 heteroatoms. The topological polar surface area (TPSA) is 63.6 Å². The largest absolute Gasteiger partial charge is 0.478 e. The molecule has 0 amide bonds. The van der Waals surface area contributed by atoms with E-state index in [-0.39, 0.29) is 18.1 Å². The molecule has 2 aromatic rings. The minimum Gasteiger partial charge on any atom is -0.478 e. The number of hydrogen-bond donors (Lipinski definition) is 1. The summed E-state index contributed by atoms with van der Waals surface area (Å²) in [6, 6.07) is 19.5. The monoisotopic (exact) mass is 364 g/mol. The molecule has 0 atom stereocenters. The van der Waals surface area contributed by atoms with Crippen LogP contribution in [-0.2, 0) is 20.9 Å². The van der Waals surface area contributed by atoms with E-state index in [1.54, 1.807) is 0 Å². The number of carboxylic acid groups (broad SMARTS) is 1. The molecule has 0 fully saturated rings. The minimum absolute atomic E-state index is 0.176. The number of esters is 1. The number of carboxylic acids is 1. The summed E-state index contributed by atoms with van der Waals surface area (Å²) >= 11 is 0. The number of hydrogen-bond acceptors (Lipinski definition) is 3. The molecule has 2 aromatic carbocycles. The van der Waals surface area contributed by atoms with Crippen LogP contribution in [0, 0.1) is 0 Å². The third-order valence-electron chi connectivity index (χ3n) is 3.34. The first-order valence-electron chi connectivity index (χ1n) is 8.39. The van der Waals surface area contributed by atoms with Gasteiger partial charge >= 0.3 is 11.9 Å². The Hall–Kier alpha value is -3.40. The molecule has 0 saturated carbocycles. The van der Waals surface area contributed by atoms with Gasteiger partial charge in [0.1, 0.15) is 6.61 Å². The SMILES string of the molecule is C=C(C)C(=O)O.C=C(CC=Cc1ccccc1)C(=O)OCc1ccccc1. The van der Waals surface area contributed by atoms with Gasteiger partial charge < -0.3 is 9.84 Å². The van der Waals surface area contributed by atoms with Crippen molar-refractivity contribution in [2.24, 2.45) is 0 Å². The standard InChI is InChI=1S/C19H18O2.C4H6O2/c1-16(9-8-14-17-10-4-2-5-11-17)19(20)21-15-18-12-6-3-7-13-18;1-3(2)4(5)6/h2-8,10-14H,1,9,15H2;1H2,2H3,(H,5,6). The maximum absolute atomic E-state index is 11.8. The lowest BCUT2D eigenvalue weighted by Crippen LogP contribution is -2.06. The average Bonchev–Trinajstić information content (AvgIpc) is 2.68. The molecule has 1 N–H and O–H groups in total. The van der Waals surface area contributed by atoms with Gasteiger partial charge in [0.2, 0.25) is 0 Å². The van der Waals surface area contributed by atoms with E-state index in [0.717, 1.165) is 11.1 Å². The maximum Gasteiger partial charge on any atom is 0.334 e. The highest BCUT2D eigenvalue weighted by Gasteiger charge is 2.06. The van der Waals surface area contributed by atoms with Crippen LogP contribution in [0.1, 0.15) is 24.5 Å². The van der Waals surface area contributed by atoms with Crippen molar-refractivity contribution in [3.05, 3.63) is 102 Å². The number of carbonyl (C=O) groups is 2. The summed E-state index contributed by atoms with van der Waals surface area (Å²) in [4.78, 5) is 21.4. The number of carbonyl (C=O) groups excluding carboxylic acids is 1. The molecule has 2 rings (SSSR count). The molecule has 0 aliphatic heterocycles. The van der Waals surface area contributed by atoms with Crippen LogP contribution in [0.25, 0.3) is 6.08 Å². The molecule has 0 saturated heterocycles. The van der Waals surface area contributed by atoms with Crippen LogP contribution >= 0.6 is 0 Å². The van der Waals surface area contributed by atoms with Crippen LogP contribution in [0.2, 0.25) is 0 Å². The van der Waals surface area contributed by atoms with Crippen molar-refractivity contribution in [2.75, 3.05) is 0 Å². The van der Waals surface area contributed by atoms with E-state index in [1.807, 2.05) is 72.8 Å². The summed E-state index contributed by atoms with van der Waals surface area (Å²) in [6.07, 6.45) is 4.37. The zero-order chi connectivity index (χ0) is 20.1. The maximum atomic E-state index is 11.8. The van der Waals surface area contributed by atoms with Gasteiger partial charge in [-0.2, -0.15) is 0 Å². The number of rotatable bonds is 7. The lowest BCUT2D eigenvalue weighted by Gasteiger charge is -2.05. The molecule has 0 spiro atoms. The van der Waals surface area contributed by atoms with Crippen molar-refractivity contribution in [2.45, 2.75) is 20.0 Å². The van der Waals surface area contributed by atoms with Crippen LogP contribution in [0.15, 0.2) is 91.0 Å². The van der Waals surface area contributed by atoms with Crippen LogP contribution < -0.4 is 0 Å². The summed E-state index contributed by atoms with van der Waals surface area (Å²) in [5.74, 6) is -1.29. The Balaban J connectivity index is 0.000000527. The van der Waals surface area contributed by atoms with Gasteiger partial charge in [0.05, 0.1) is 0 Å². The summed E-state index contributed by atoms with van der Waals surface area (Å²) in [5.41, 5.74) is 2.70. The van der Waals surface area contributed by atoms with Gasteiger partial charge in [0, 0.05) is 11.1 Å². The Morgan fingerprint density at radius 1 is 1.00 bits per heavy atom. The Morgan fingerprint density at radius 3 is 2.04 bits per heavy atom. The fraction of sp³-hybridized carbons (Fsp3) is 0.130. The van der Waals surface area contributed by atoms with Gasteiger partial charge in [0.15, 0.2) is 0 Å². The number of ether oxygens (including phenoxy) is 1. The van der Waals surface area contributed by atoms with E-state index in [9.17, 15) is 9.59 Å². The molecular weight excluding hydrogens is 340 g/mol. The summed E-state index contributed by atoms with van der Waals surface area (Å²) in [7, 11) is 0. The summed E-state index contributed by atoms with van der Waals surface area (Å²) in [5, 5.41) is 7.89. The molecule has 0 heterocycles. The van der Waals surface area contributed by atoms with E-state index in [4.69, 9.17) is 9.84 Å². The molecule has 0 aliphatic carbocycles. The number of aliphatic carboxylic acids is 1. The molecule has 27 heavy (non-hydrogen) atoms. The van der Waals surface area contributed by atoms with Gasteiger partial charge in [-0.15, -0.1) is 0 Å². The van der Waals surface area contributed by atoms with Crippen molar-refractivity contribution in [3.63, 3.8) is 0 Å². The third kappa shape index (κ3) is 9.60. The Kier molecular flexibility index (Phi) is 9.65. The van der Waals surface area contributed by atoms with Gasteiger partial charge in [-0.25, -0.2) is 9.59 Å². The molecule has 0 unspecified atom stereocenters. The Labute approximate surface area is 160 Å². The first-order chi connectivity index (χ1) is 12.9. The first kappa shape index (κ1) is 21.6. The average molecular weight is 364 g/mol. The molecular formula is C23H24O4. The van der Waals surface area contributed by atoms with E-state index in [2.05, 4.69) is 13.2 Å². The van der Waals surface area contributed by atoms with Crippen molar-refractivity contribution < 1.29 is 19.4 Å². The normalized spacial score (nSPS) is 9.81. The fourth-order valence-electron chi connectivity index (χ4n) is 1.81. The highest BCUT2D eigenvalue weighted by atomic mass is 16.5. The van der Waals surface area contributed by atoms with Crippen molar-refractivity contribution in [3.8, 4) is 0 Å². The fourth-order valence-corrected chi connectivity index (χ4v) is 1.81. The van der Waals surface area contributed by atoms with E-state index < -0.39 is 5.97 Å². The van der Waals surface area contributed by atoms with Crippen molar-refractivity contribution >= 4 is 18.0 Å². The Bertz CT molecular complexity index is 778. The molecule has 4 nitrogen and oxygen atoms in total.